The Labute approximate surface area is 154 Å². The van der Waals surface area contributed by atoms with Gasteiger partial charge in [0.15, 0.2) is 10.9 Å². The molecule has 2 aromatic heterocycles. The number of ether oxygens (including phenoxy) is 1. The zero-order valence-corrected chi connectivity index (χ0v) is 15.4. The van der Waals surface area contributed by atoms with Crippen LogP contribution in [0.1, 0.15) is 17.4 Å². The fraction of sp³-hybridized carbons (Fsp3) is 0.167. The highest BCUT2D eigenvalue weighted by Gasteiger charge is 2.17. The molecule has 2 N–H and O–H groups in total. The molecule has 3 aromatic rings. The standard InChI is InChI=1S/C18H18N4O3S/c1-11(23)19-13-10-12(7-8-15(13)25-2)20-17(24)16-14-6-4-5-9-22(14)18(21-16)26-3/h4-10H,1-3H3,(H,19,23)(H,20,24). The van der Waals surface area contributed by atoms with Gasteiger partial charge in [0.25, 0.3) is 5.91 Å². The molecule has 0 unspecified atom stereocenters. The number of hydrogen-bond donors (Lipinski definition) is 2. The molecule has 134 valence electrons. The maximum atomic E-state index is 12.7. The largest absolute Gasteiger partial charge is 0.495 e. The number of rotatable bonds is 5. The molecule has 26 heavy (non-hydrogen) atoms. The van der Waals surface area contributed by atoms with Crippen molar-refractivity contribution in [1.29, 1.82) is 0 Å². The van der Waals surface area contributed by atoms with Gasteiger partial charge in [-0.1, -0.05) is 17.8 Å². The van der Waals surface area contributed by atoms with Gasteiger partial charge in [0, 0.05) is 18.8 Å². The number of aromatic nitrogens is 2. The third-order valence-corrected chi connectivity index (χ3v) is 4.33. The number of benzene rings is 1. The molecule has 0 atom stereocenters. The second kappa shape index (κ2) is 7.49. The van der Waals surface area contributed by atoms with Crippen molar-refractivity contribution in [2.24, 2.45) is 0 Å². The molecule has 2 amide bonds. The van der Waals surface area contributed by atoms with Gasteiger partial charge < -0.3 is 15.4 Å². The van der Waals surface area contributed by atoms with E-state index in [9.17, 15) is 9.59 Å². The minimum atomic E-state index is -0.326. The monoisotopic (exact) mass is 370 g/mol. The summed E-state index contributed by atoms with van der Waals surface area (Å²) < 4.78 is 7.09. The zero-order chi connectivity index (χ0) is 18.7. The van der Waals surface area contributed by atoms with E-state index in [0.29, 0.717) is 22.8 Å². The summed E-state index contributed by atoms with van der Waals surface area (Å²) in [5.41, 5.74) is 2.08. The molecular weight excluding hydrogens is 352 g/mol. The van der Waals surface area contributed by atoms with E-state index in [2.05, 4.69) is 15.6 Å². The van der Waals surface area contributed by atoms with Crippen LogP contribution in [0, 0.1) is 0 Å². The van der Waals surface area contributed by atoms with Gasteiger partial charge in [-0.05, 0) is 36.6 Å². The Morgan fingerprint density at radius 2 is 2.00 bits per heavy atom. The van der Waals surface area contributed by atoms with E-state index in [1.165, 1.54) is 25.8 Å². The first kappa shape index (κ1) is 17.8. The first-order chi connectivity index (χ1) is 12.5. The molecule has 0 aliphatic heterocycles. The van der Waals surface area contributed by atoms with Gasteiger partial charge in [-0.15, -0.1) is 0 Å². The van der Waals surface area contributed by atoms with Gasteiger partial charge in [0.05, 0.1) is 18.3 Å². The molecule has 0 aliphatic carbocycles. The highest BCUT2D eigenvalue weighted by atomic mass is 32.2. The van der Waals surface area contributed by atoms with Crippen LogP contribution < -0.4 is 15.4 Å². The average Bonchev–Trinajstić information content (AvgIpc) is 3.00. The Kier molecular flexibility index (Phi) is 5.13. The van der Waals surface area contributed by atoms with Crippen LogP contribution in [0.4, 0.5) is 11.4 Å². The Morgan fingerprint density at radius 1 is 1.19 bits per heavy atom. The minimum Gasteiger partial charge on any atom is -0.495 e. The summed E-state index contributed by atoms with van der Waals surface area (Å²) in [6.07, 6.45) is 3.78. The van der Waals surface area contributed by atoms with Crippen LogP contribution in [-0.4, -0.2) is 34.6 Å². The van der Waals surface area contributed by atoms with Crippen LogP contribution in [0.25, 0.3) is 5.52 Å². The number of fused-ring (bicyclic) bond motifs is 1. The van der Waals surface area contributed by atoms with Crippen molar-refractivity contribution in [3.05, 3.63) is 48.3 Å². The van der Waals surface area contributed by atoms with Crippen molar-refractivity contribution in [3.8, 4) is 5.75 Å². The number of methoxy groups -OCH3 is 1. The number of anilines is 2. The van der Waals surface area contributed by atoms with Gasteiger partial charge in [-0.2, -0.15) is 0 Å². The van der Waals surface area contributed by atoms with Crippen LogP contribution in [0.3, 0.4) is 0 Å². The average molecular weight is 370 g/mol. The van der Waals surface area contributed by atoms with E-state index >= 15 is 0 Å². The maximum absolute atomic E-state index is 12.7. The molecular formula is C18H18N4O3S. The molecule has 8 heteroatoms. The number of nitrogens with one attached hydrogen (secondary N) is 2. The molecule has 0 saturated carbocycles. The fourth-order valence-electron chi connectivity index (χ4n) is 2.58. The first-order valence-corrected chi connectivity index (χ1v) is 9.04. The molecule has 0 radical (unpaired) electrons. The van der Waals surface area contributed by atoms with E-state index in [4.69, 9.17) is 4.74 Å². The summed E-state index contributed by atoms with van der Waals surface area (Å²) in [7, 11) is 1.51. The van der Waals surface area contributed by atoms with Crippen molar-refractivity contribution in [2.75, 3.05) is 24.0 Å². The molecule has 0 spiro atoms. The third-order valence-electron chi connectivity index (χ3n) is 3.68. The highest BCUT2D eigenvalue weighted by molar-refractivity contribution is 7.98. The minimum absolute atomic E-state index is 0.225. The van der Waals surface area contributed by atoms with Gasteiger partial charge in [0.1, 0.15) is 5.75 Å². The summed E-state index contributed by atoms with van der Waals surface area (Å²) >= 11 is 1.46. The van der Waals surface area contributed by atoms with E-state index in [0.717, 1.165) is 10.7 Å². The summed E-state index contributed by atoms with van der Waals surface area (Å²) in [5.74, 6) is -0.0419. The van der Waals surface area contributed by atoms with Crippen molar-refractivity contribution in [2.45, 2.75) is 12.1 Å². The molecule has 2 heterocycles. The first-order valence-electron chi connectivity index (χ1n) is 7.81. The Balaban J connectivity index is 1.92. The van der Waals surface area contributed by atoms with Crippen molar-refractivity contribution >= 4 is 40.5 Å². The lowest BCUT2D eigenvalue weighted by atomic mass is 10.2. The fourth-order valence-corrected chi connectivity index (χ4v) is 3.12. The number of thioether (sulfide) groups is 1. The predicted octanol–water partition coefficient (Wildman–Crippen LogP) is 3.28. The second-order valence-corrected chi connectivity index (χ2v) is 6.23. The van der Waals surface area contributed by atoms with Crippen LogP contribution in [0.2, 0.25) is 0 Å². The summed E-state index contributed by atoms with van der Waals surface area (Å²) in [6.45, 7) is 1.41. The summed E-state index contributed by atoms with van der Waals surface area (Å²) in [5, 5.41) is 6.24. The van der Waals surface area contributed by atoms with Crippen LogP contribution >= 0.6 is 11.8 Å². The zero-order valence-electron chi connectivity index (χ0n) is 14.6. The molecule has 0 aliphatic rings. The number of carbonyl (C=O) groups is 2. The Hall–Kier alpha value is -3.00. The molecule has 0 bridgehead atoms. The normalized spacial score (nSPS) is 10.6. The number of hydrogen-bond acceptors (Lipinski definition) is 5. The molecule has 0 saturated heterocycles. The lowest BCUT2D eigenvalue weighted by Gasteiger charge is -2.11. The number of amides is 2. The highest BCUT2D eigenvalue weighted by Crippen LogP contribution is 2.28. The smallest absolute Gasteiger partial charge is 0.276 e. The lowest BCUT2D eigenvalue weighted by Crippen LogP contribution is -2.14. The Bertz CT molecular complexity index is 984. The van der Waals surface area contributed by atoms with Gasteiger partial charge in [0.2, 0.25) is 5.91 Å². The van der Waals surface area contributed by atoms with Crippen molar-refractivity contribution in [3.63, 3.8) is 0 Å². The van der Waals surface area contributed by atoms with Crippen molar-refractivity contribution < 1.29 is 14.3 Å². The quantitative estimate of drug-likeness (QED) is 0.673. The molecule has 7 nitrogen and oxygen atoms in total. The summed E-state index contributed by atoms with van der Waals surface area (Å²) in [4.78, 5) is 28.5. The number of pyridine rings is 1. The van der Waals surface area contributed by atoms with Crippen LogP contribution in [0.15, 0.2) is 47.8 Å². The molecule has 3 rings (SSSR count). The van der Waals surface area contributed by atoms with E-state index < -0.39 is 0 Å². The summed E-state index contributed by atoms with van der Waals surface area (Å²) in [6, 6.07) is 10.6. The third kappa shape index (κ3) is 3.50. The van der Waals surface area contributed by atoms with Crippen molar-refractivity contribution in [1.82, 2.24) is 9.38 Å². The van der Waals surface area contributed by atoms with E-state index in [-0.39, 0.29) is 11.8 Å². The predicted molar refractivity (Wildman–Crippen MR) is 102 cm³/mol. The maximum Gasteiger partial charge on any atom is 0.276 e. The second-order valence-electron chi connectivity index (χ2n) is 5.45. The lowest BCUT2D eigenvalue weighted by molar-refractivity contribution is -0.114. The van der Waals surface area contributed by atoms with Crippen LogP contribution in [-0.2, 0) is 4.79 Å². The topological polar surface area (TPSA) is 84.7 Å². The number of carbonyl (C=O) groups excluding carboxylic acids is 2. The van der Waals surface area contributed by atoms with Gasteiger partial charge >= 0.3 is 0 Å². The van der Waals surface area contributed by atoms with Gasteiger partial charge in [-0.3, -0.25) is 14.0 Å². The molecule has 1 aromatic carbocycles. The van der Waals surface area contributed by atoms with E-state index in [1.54, 1.807) is 18.2 Å². The SMILES string of the molecule is COc1ccc(NC(=O)c2nc(SC)n3ccccc23)cc1NC(C)=O. The Morgan fingerprint density at radius 3 is 2.69 bits per heavy atom. The number of imidazole rings is 1. The number of nitrogens with zero attached hydrogens (tertiary/aromatic N) is 2. The van der Waals surface area contributed by atoms with Gasteiger partial charge in [-0.25, -0.2) is 4.98 Å². The molecule has 0 fully saturated rings. The van der Waals surface area contributed by atoms with E-state index in [1.807, 2.05) is 35.1 Å². The van der Waals surface area contributed by atoms with Crippen LogP contribution in [0.5, 0.6) is 5.75 Å².